The molecule has 0 aliphatic heterocycles. The van der Waals surface area contributed by atoms with Crippen LogP contribution in [0.15, 0.2) is 101 Å². The molecule has 0 fully saturated rings. The van der Waals surface area contributed by atoms with Crippen LogP contribution in [0.1, 0.15) is 56.4 Å². The number of hydrogen-bond donors (Lipinski definition) is 5. The van der Waals surface area contributed by atoms with Crippen molar-refractivity contribution in [1.82, 2.24) is 0 Å². The average molecular weight is 1080 g/mol. The molecule has 9 radical (unpaired) electrons. The topological polar surface area (TPSA) is 109 Å². The predicted octanol–water partition coefficient (Wildman–Crippen LogP) is 11.6. The summed E-state index contributed by atoms with van der Waals surface area (Å²) < 4.78 is 54.9. The molecule has 0 bridgehead atoms. The molecular weight excluding hydrogens is 1020 g/mol. The minimum Gasteiger partial charge on any atom is -0.286 e. The Morgan fingerprint density at radius 1 is 0.468 bits per heavy atom. The smallest absolute Gasteiger partial charge is 0.261 e. The Morgan fingerprint density at radius 3 is 0.638 bits per heavy atom. The summed E-state index contributed by atoms with van der Waals surface area (Å²) in [6, 6.07) is 23.4. The number of benzene rings is 3. The van der Waals surface area contributed by atoms with Crippen LogP contribution in [-0.4, -0.2) is 63.7 Å². The van der Waals surface area contributed by atoms with Crippen LogP contribution < -0.4 is 0 Å². The summed E-state index contributed by atoms with van der Waals surface area (Å²) in [5, 5.41) is 0. The molecule has 6 nitrogen and oxygen atoms in total. The van der Waals surface area contributed by atoms with Gasteiger partial charge in [0.05, 0.1) is 12.5 Å². The third-order valence-corrected chi connectivity index (χ3v) is 6.72. The quantitative estimate of drug-likeness (QED) is 0.0872. The Balaban J connectivity index is -0.0000000305. The summed E-state index contributed by atoms with van der Waals surface area (Å²) in [4.78, 5) is 2.94. The maximum atomic E-state index is 9.19. The molecule has 273 valence electrons. The van der Waals surface area contributed by atoms with Gasteiger partial charge in [0.1, 0.15) is 0 Å². The normalized spacial score (nSPS) is 7.57. The first kappa shape index (κ1) is 81.9. The molecule has 47 heavy (non-hydrogen) atoms. The van der Waals surface area contributed by atoms with E-state index in [4.69, 9.17) is 9.11 Å². The molecule has 0 atom stereocenters. The van der Waals surface area contributed by atoms with Crippen molar-refractivity contribution in [1.29, 1.82) is 0 Å². The van der Waals surface area contributed by atoms with Crippen LogP contribution in [0.25, 0.3) is 0 Å². The Labute approximate surface area is 357 Å². The van der Waals surface area contributed by atoms with Gasteiger partial charge < -0.3 is 0 Å². The maximum absolute atomic E-state index is 9.19. The monoisotopic (exact) mass is 1070 g/mol. The summed E-state index contributed by atoms with van der Waals surface area (Å²) in [5.41, 5.74) is 0. The SMILES string of the molecule is Br.Br.C.C.CC.CC.CC.CS(=O)(=O)O.CS(=O)(=O)O.Sc1ccccc1Br.Sc1ccccc1Br.Sc1ccccc1Br.[B].[B].[B]. The third kappa shape index (κ3) is 82.4. The molecule has 2 N–H and O–H groups in total. The zero-order chi connectivity index (χ0) is 32.9. The largest absolute Gasteiger partial charge is 0.286 e. The fourth-order valence-electron chi connectivity index (χ4n) is 1.36. The van der Waals surface area contributed by atoms with Crippen LogP contribution in [0.3, 0.4) is 0 Å². The summed E-state index contributed by atoms with van der Waals surface area (Å²) in [5.74, 6) is 0. The van der Waals surface area contributed by atoms with Gasteiger partial charge in [-0.3, -0.25) is 9.11 Å². The Hall–Kier alpha value is 1.12. The van der Waals surface area contributed by atoms with Gasteiger partial charge in [0.15, 0.2) is 0 Å². The van der Waals surface area contributed by atoms with E-state index in [1.807, 2.05) is 114 Å². The average Bonchev–Trinajstić information content (AvgIpc) is 2.87. The minimum atomic E-state index is -3.67. The first-order valence-corrected chi connectivity index (χ1v) is 19.0. The van der Waals surface area contributed by atoms with E-state index >= 15 is 0 Å². The van der Waals surface area contributed by atoms with Crippen molar-refractivity contribution in [3.8, 4) is 0 Å². The predicted molar refractivity (Wildman–Crippen MR) is 245 cm³/mol. The molecular formula is C28H51B3Br5O6S5. The van der Waals surface area contributed by atoms with E-state index in [0.717, 1.165) is 28.1 Å². The van der Waals surface area contributed by atoms with Gasteiger partial charge in [-0.25, -0.2) is 0 Å². The Bertz CT molecular complexity index is 1020. The lowest BCUT2D eigenvalue weighted by atomic mass is 10.4. The van der Waals surface area contributed by atoms with Crippen molar-refractivity contribution in [3.63, 3.8) is 0 Å². The van der Waals surface area contributed by atoms with Crippen molar-refractivity contribution in [2.75, 3.05) is 12.5 Å². The third-order valence-electron chi connectivity index (χ3n) is 2.56. The van der Waals surface area contributed by atoms with Crippen molar-refractivity contribution in [3.05, 3.63) is 86.2 Å². The highest BCUT2D eigenvalue weighted by Gasteiger charge is 1.88. The zero-order valence-electron chi connectivity index (χ0n) is 26.3. The zero-order valence-corrected chi connectivity index (χ0v) is 38.8. The summed E-state index contributed by atoms with van der Waals surface area (Å²) in [6.45, 7) is 12.0. The lowest BCUT2D eigenvalue weighted by Crippen LogP contribution is -1.88. The number of rotatable bonds is 0. The van der Waals surface area contributed by atoms with Gasteiger partial charge in [-0.1, -0.05) is 92.8 Å². The summed E-state index contributed by atoms with van der Waals surface area (Å²) in [7, 11) is -7.33. The van der Waals surface area contributed by atoms with Crippen LogP contribution in [0, 0.1) is 0 Å². The van der Waals surface area contributed by atoms with Gasteiger partial charge in [-0.05, 0) is 84.2 Å². The summed E-state index contributed by atoms with van der Waals surface area (Å²) in [6.07, 6.45) is 1.43. The van der Waals surface area contributed by atoms with Gasteiger partial charge >= 0.3 is 0 Å². The van der Waals surface area contributed by atoms with Gasteiger partial charge in [0.2, 0.25) is 0 Å². The van der Waals surface area contributed by atoms with Crippen LogP contribution in [-0.2, 0) is 20.2 Å². The number of thiol groups is 3. The molecule has 0 saturated heterocycles. The molecule has 3 rings (SSSR count). The second kappa shape index (κ2) is 53.9. The van der Waals surface area contributed by atoms with E-state index in [9.17, 15) is 16.8 Å². The molecule has 0 saturated carbocycles. The van der Waals surface area contributed by atoms with Gasteiger partial charge in [0.25, 0.3) is 20.2 Å². The Morgan fingerprint density at radius 2 is 0.574 bits per heavy atom. The first-order chi connectivity index (χ1) is 18.4. The standard InChI is InChI=1S/3C6H5BrS.3C2H6.2CH4O3S.2CH4.3B.2BrH/c3*7-5-3-1-2-4-6(5)8;3*1-2;2*1-5(2,3)4;;;;;;;/h3*1-4,8H;3*1-2H3;2*1H3,(H,2,3,4);2*1H4;;;;2*1H. The van der Waals surface area contributed by atoms with Crippen LogP contribution >= 0.6 is 120 Å². The van der Waals surface area contributed by atoms with Crippen molar-refractivity contribution in [2.24, 2.45) is 0 Å². The molecule has 0 aromatic heterocycles. The second-order valence-electron chi connectivity index (χ2n) is 5.82. The fourth-order valence-corrected chi connectivity index (χ4v) is 2.69. The number of hydrogen-bond acceptors (Lipinski definition) is 7. The molecule has 0 unspecified atom stereocenters. The van der Waals surface area contributed by atoms with Crippen LogP contribution in [0.4, 0.5) is 0 Å². The van der Waals surface area contributed by atoms with Crippen molar-refractivity contribution >= 4 is 165 Å². The lowest BCUT2D eigenvalue weighted by Gasteiger charge is -1.90. The van der Waals surface area contributed by atoms with E-state index in [1.165, 1.54) is 0 Å². The fraction of sp³-hybridized carbons (Fsp3) is 0.357. The molecule has 0 amide bonds. The molecule has 3 aromatic carbocycles. The van der Waals surface area contributed by atoms with Crippen molar-refractivity contribution < 1.29 is 25.9 Å². The number of halogens is 5. The maximum Gasteiger partial charge on any atom is 0.261 e. The van der Waals surface area contributed by atoms with E-state index in [2.05, 4.69) is 85.7 Å². The minimum absolute atomic E-state index is 0. The van der Waals surface area contributed by atoms with Crippen molar-refractivity contribution in [2.45, 2.75) is 71.1 Å². The molecule has 0 heterocycles. The first-order valence-electron chi connectivity index (χ1n) is 11.6. The van der Waals surface area contributed by atoms with Crippen LogP contribution in [0.5, 0.6) is 0 Å². The highest BCUT2D eigenvalue weighted by Crippen LogP contribution is 2.19. The van der Waals surface area contributed by atoms with E-state index in [-0.39, 0.29) is 74.1 Å². The molecule has 0 aliphatic carbocycles. The molecule has 3 aromatic rings. The lowest BCUT2D eigenvalue weighted by molar-refractivity contribution is 0.488. The highest BCUT2D eigenvalue weighted by atomic mass is 79.9. The van der Waals surface area contributed by atoms with Gasteiger partial charge in [-0.2, -0.15) is 16.8 Å². The summed E-state index contributed by atoms with van der Waals surface area (Å²) >= 11 is 22.4. The van der Waals surface area contributed by atoms with E-state index in [0.29, 0.717) is 12.5 Å². The Kier molecular flexibility index (Phi) is 93.9. The molecule has 0 spiro atoms. The molecule has 0 aliphatic rings. The van der Waals surface area contributed by atoms with Gasteiger partial charge in [-0.15, -0.1) is 71.8 Å². The second-order valence-corrected chi connectivity index (χ2v) is 12.8. The highest BCUT2D eigenvalue weighted by molar-refractivity contribution is 9.11. The molecule has 19 heteroatoms. The van der Waals surface area contributed by atoms with E-state index in [1.54, 1.807) is 0 Å². The van der Waals surface area contributed by atoms with Crippen LogP contribution in [0.2, 0.25) is 0 Å². The van der Waals surface area contributed by atoms with E-state index < -0.39 is 20.2 Å². The van der Waals surface area contributed by atoms with Gasteiger partial charge in [0, 0.05) is 53.3 Å².